The summed E-state index contributed by atoms with van der Waals surface area (Å²) >= 11 is 0. The lowest BCUT2D eigenvalue weighted by Gasteiger charge is -2.32. The summed E-state index contributed by atoms with van der Waals surface area (Å²) in [7, 11) is 0. The number of benzene rings is 2. The number of rotatable bonds is 8. The van der Waals surface area contributed by atoms with Crippen LogP contribution in [0.25, 0.3) is 0 Å². The third-order valence-electron chi connectivity index (χ3n) is 5.17. The van der Waals surface area contributed by atoms with Crippen LogP contribution in [0.1, 0.15) is 24.8 Å². The van der Waals surface area contributed by atoms with Crippen molar-refractivity contribution >= 4 is 17.5 Å². The van der Waals surface area contributed by atoms with Gasteiger partial charge in [0.1, 0.15) is 5.75 Å². The number of likely N-dealkylation sites (tertiary alicyclic amines) is 1. The van der Waals surface area contributed by atoms with Crippen molar-refractivity contribution in [1.82, 2.24) is 10.2 Å². The van der Waals surface area contributed by atoms with Gasteiger partial charge in [0.25, 0.3) is 0 Å². The van der Waals surface area contributed by atoms with Crippen LogP contribution in [-0.4, -0.2) is 43.0 Å². The van der Waals surface area contributed by atoms with Crippen molar-refractivity contribution < 1.29 is 14.3 Å². The lowest BCUT2D eigenvalue weighted by molar-refractivity contribution is -0.136. The van der Waals surface area contributed by atoms with Gasteiger partial charge in [-0.25, -0.2) is 0 Å². The molecule has 0 radical (unpaired) electrons. The van der Waals surface area contributed by atoms with Crippen LogP contribution in [0.4, 0.5) is 5.69 Å². The minimum Gasteiger partial charge on any atom is -0.493 e. The summed E-state index contributed by atoms with van der Waals surface area (Å²) in [4.78, 5) is 26.8. The second-order valence-electron chi connectivity index (χ2n) is 7.37. The standard InChI is InChI=1S/C23H29N3O3/c24-20-10-8-18(9-11-20)12-14-25-23(28)19-5-4-15-26(17-19)22(27)13-16-29-21-6-2-1-3-7-21/h1-3,6-11,19H,4-5,12-17,24H2,(H,25,28). The Bertz CT molecular complexity index is 793. The van der Waals surface area contributed by atoms with E-state index >= 15 is 0 Å². The number of carbonyl (C=O) groups excluding carboxylic acids is 2. The average Bonchev–Trinajstić information content (AvgIpc) is 2.76. The molecule has 0 aromatic heterocycles. The highest BCUT2D eigenvalue weighted by Crippen LogP contribution is 2.18. The minimum absolute atomic E-state index is 0.0264. The van der Waals surface area contributed by atoms with Gasteiger partial charge in [0.15, 0.2) is 0 Å². The number of nitrogens with one attached hydrogen (secondary N) is 1. The maximum absolute atomic E-state index is 12.5. The molecule has 3 rings (SSSR count). The van der Waals surface area contributed by atoms with E-state index in [-0.39, 0.29) is 17.7 Å². The summed E-state index contributed by atoms with van der Waals surface area (Å²) in [5.41, 5.74) is 7.56. The van der Waals surface area contributed by atoms with Crippen molar-refractivity contribution in [3.8, 4) is 5.75 Å². The van der Waals surface area contributed by atoms with Gasteiger partial charge in [-0.2, -0.15) is 0 Å². The topological polar surface area (TPSA) is 84.7 Å². The Morgan fingerprint density at radius 3 is 2.62 bits per heavy atom. The summed E-state index contributed by atoms with van der Waals surface area (Å²) < 4.78 is 5.61. The highest BCUT2D eigenvalue weighted by molar-refractivity contribution is 5.81. The molecule has 2 aromatic rings. The number of para-hydroxylation sites is 1. The summed E-state index contributed by atoms with van der Waals surface area (Å²) in [5.74, 6) is 0.685. The molecule has 1 heterocycles. The quantitative estimate of drug-likeness (QED) is 0.673. The van der Waals surface area contributed by atoms with Crippen molar-refractivity contribution in [3.05, 3.63) is 60.2 Å². The van der Waals surface area contributed by atoms with E-state index in [9.17, 15) is 9.59 Å². The number of carbonyl (C=O) groups is 2. The molecule has 1 aliphatic heterocycles. The fraction of sp³-hybridized carbons (Fsp3) is 0.391. The van der Waals surface area contributed by atoms with Gasteiger partial charge in [0.05, 0.1) is 18.9 Å². The summed E-state index contributed by atoms with van der Waals surface area (Å²) in [6.45, 7) is 2.12. The molecule has 1 fully saturated rings. The molecular formula is C23H29N3O3. The van der Waals surface area contributed by atoms with Gasteiger partial charge < -0.3 is 20.7 Å². The summed E-state index contributed by atoms with van der Waals surface area (Å²) in [6.07, 6.45) is 2.75. The summed E-state index contributed by atoms with van der Waals surface area (Å²) in [6, 6.07) is 17.1. The van der Waals surface area contributed by atoms with Crippen LogP contribution in [0.2, 0.25) is 0 Å². The Hall–Kier alpha value is -3.02. The Morgan fingerprint density at radius 2 is 1.86 bits per heavy atom. The van der Waals surface area contributed by atoms with Crippen LogP contribution in [0.15, 0.2) is 54.6 Å². The number of amides is 2. The zero-order valence-corrected chi connectivity index (χ0v) is 16.7. The monoisotopic (exact) mass is 395 g/mol. The van der Waals surface area contributed by atoms with Crippen molar-refractivity contribution in [1.29, 1.82) is 0 Å². The lowest BCUT2D eigenvalue weighted by Crippen LogP contribution is -2.46. The molecule has 6 heteroatoms. The second kappa shape index (κ2) is 10.5. The Kier molecular flexibility index (Phi) is 7.50. The largest absolute Gasteiger partial charge is 0.493 e. The zero-order valence-electron chi connectivity index (χ0n) is 16.7. The molecule has 2 amide bonds. The first-order valence-electron chi connectivity index (χ1n) is 10.2. The van der Waals surface area contributed by atoms with Crippen LogP contribution in [0.5, 0.6) is 5.75 Å². The van der Waals surface area contributed by atoms with E-state index < -0.39 is 0 Å². The number of nitrogens with two attached hydrogens (primary N) is 1. The van der Waals surface area contributed by atoms with E-state index in [4.69, 9.17) is 10.5 Å². The lowest BCUT2D eigenvalue weighted by atomic mass is 9.96. The first kappa shape index (κ1) is 20.7. The van der Waals surface area contributed by atoms with Crippen molar-refractivity contribution in [2.24, 2.45) is 5.92 Å². The van der Waals surface area contributed by atoms with Crippen LogP contribution in [0, 0.1) is 5.92 Å². The molecule has 154 valence electrons. The van der Waals surface area contributed by atoms with E-state index in [1.165, 1.54) is 0 Å². The fourth-order valence-corrected chi connectivity index (χ4v) is 3.51. The van der Waals surface area contributed by atoms with Gasteiger partial charge >= 0.3 is 0 Å². The van der Waals surface area contributed by atoms with Gasteiger partial charge in [-0.05, 0) is 49.1 Å². The van der Waals surface area contributed by atoms with Crippen molar-refractivity contribution in [3.63, 3.8) is 0 Å². The number of ether oxygens (including phenoxy) is 1. The molecule has 29 heavy (non-hydrogen) atoms. The molecule has 3 N–H and O–H groups in total. The molecule has 1 saturated heterocycles. The number of nitrogens with zero attached hydrogens (tertiary/aromatic N) is 1. The first-order chi connectivity index (χ1) is 14.1. The van der Waals surface area contributed by atoms with Crippen LogP contribution in [0.3, 0.4) is 0 Å². The van der Waals surface area contributed by atoms with Gasteiger partial charge in [0.2, 0.25) is 11.8 Å². The van der Waals surface area contributed by atoms with Crippen LogP contribution < -0.4 is 15.8 Å². The first-order valence-corrected chi connectivity index (χ1v) is 10.2. The normalized spacial score (nSPS) is 16.3. The molecule has 2 aromatic carbocycles. The van der Waals surface area contributed by atoms with Gasteiger partial charge in [-0.3, -0.25) is 9.59 Å². The smallest absolute Gasteiger partial charge is 0.226 e. The highest BCUT2D eigenvalue weighted by Gasteiger charge is 2.28. The van der Waals surface area contributed by atoms with E-state index in [0.717, 1.165) is 36.3 Å². The molecular weight excluding hydrogens is 366 g/mol. The number of hydrogen-bond acceptors (Lipinski definition) is 4. The van der Waals surface area contributed by atoms with Crippen LogP contribution in [-0.2, 0) is 16.0 Å². The molecule has 0 bridgehead atoms. The predicted molar refractivity (Wildman–Crippen MR) is 113 cm³/mol. The SMILES string of the molecule is Nc1ccc(CCNC(=O)C2CCCN(C(=O)CCOc3ccccc3)C2)cc1. The molecule has 0 saturated carbocycles. The number of nitrogen functional groups attached to an aromatic ring is 1. The van der Waals surface area contributed by atoms with Gasteiger partial charge in [0, 0.05) is 25.3 Å². The minimum atomic E-state index is -0.144. The van der Waals surface area contributed by atoms with Crippen molar-refractivity contribution in [2.75, 3.05) is 32.0 Å². The maximum atomic E-state index is 12.5. The van der Waals surface area contributed by atoms with E-state index in [1.807, 2.05) is 54.6 Å². The Balaban J connectivity index is 1.38. The highest BCUT2D eigenvalue weighted by atomic mass is 16.5. The Labute approximate surface area is 172 Å². The van der Waals surface area contributed by atoms with Gasteiger partial charge in [-0.15, -0.1) is 0 Å². The molecule has 0 aliphatic carbocycles. The molecule has 1 atom stereocenters. The van der Waals surface area contributed by atoms with Gasteiger partial charge in [-0.1, -0.05) is 30.3 Å². The van der Waals surface area contributed by atoms with E-state index in [0.29, 0.717) is 32.7 Å². The predicted octanol–water partition coefficient (Wildman–Crippen LogP) is 2.64. The summed E-state index contributed by atoms with van der Waals surface area (Å²) in [5, 5.41) is 3.01. The maximum Gasteiger partial charge on any atom is 0.226 e. The average molecular weight is 396 g/mol. The molecule has 6 nitrogen and oxygen atoms in total. The third-order valence-corrected chi connectivity index (χ3v) is 5.17. The molecule has 1 aliphatic rings. The fourth-order valence-electron chi connectivity index (χ4n) is 3.51. The molecule has 1 unspecified atom stereocenters. The Morgan fingerprint density at radius 1 is 1.10 bits per heavy atom. The van der Waals surface area contributed by atoms with Crippen molar-refractivity contribution in [2.45, 2.75) is 25.7 Å². The number of hydrogen-bond donors (Lipinski definition) is 2. The van der Waals surface area contributed by atoms with E-state index in [1.54, 1.807) is 4.90 Å². The third kappa shape index (κ3) is 6.52. The zero-order chi connectivity index (χ0) is 20.5. The van der Waals surface area contributed by atoms with Crippen LogP contribution >= 0.6 is 0 Å². The van der Waals surface area contributed by atoms with E-state index in [2.05, 4.69) is 5.32 Å². The number of anilines is 1. The molecule has 0 spiro atoms. The second-order valence-corrected chi connectivity index (χ2v) is 7.37. The number of piperidine rings is 1.